The molecule has 0 bridgehead atoms. The lowest BCUT2D eigenvalue weighted by molar-refractivity contribution is 0.126. The summed E-state index contributed by atoms with van der Waals surface area (Å²) in [6.45, 7) is 2.36. The van der Waals surface area contributed by atoms with Crippen LogP contribution in [0.1, 0.15) is 32.6 Å². The van der Waals surface area contributed by atoms with Gasteiger partial charge in [-0.15, -0.1) is 0 Å². The van der Waals surface area contributed by atoms with Crippen LogP contribution in [0.4, 0.5) is 0 Å². The van der Waals surface area contributed by atoms with Gasteiger partial charge < -0.3 is 4.74 Å². The van der Waals surface area contributed by atoms with E-state index >= 15 is 0 Å². The Kier molecular flexibility index (Phi) is 2.97. The Bertz CT molecular complexity index is 405. The molecule has 0 aromatic heterocycles. The number of rotatable bonds is 4. The first-order valence-electron chi connectivity index (χ1n) is 5.69. The van der Waals surface area contributed by atoms with Gasteiger partial charge in [-0.3, -0.25) is 0 Å². The summed E-state index contributed by atoms with van der Waals surface area (Å²) >= 11 is 0. The van der Waals surface area contributed by atoms with E-state index in [1.807, 2.05) is 6.92 Å². The third-order valence-electron chi connectivity index (χ3n) is 3.69. The average Bonchev–Trinajstić information content (AvgIpc) is 2.76. The molecule has 1 saturated heterocycles. The van der Waals surface area contributed by atoms with Crippen molar-refractivity contribution < 1.29 is 13.2 Å². The number of nitrogens with zero attached hydrogens (tertiary/aromatic N) is 1. The summed E-state index contributed by atoms with van der Waals surface area (Å²) in [4.78, 5) is 0. The van der Waals surface area contributed by atoms with Crippen molar-refractivity contribution in [1.82, 2.24) is 0 Å². The highest BCUT2D eigenvalue weighted by Gasteiger charge is 2.49. The van der Waals surface area contributed by atoms with Gasteiger partial charge in [0.15, 0.2) is 9.84 Å². The fourth-order valence-corrected chi connectivity index (χ4v) is 5.01. The Hall–Kier alpha value is -0.600. The number of ether oxygens (including phenoxy) is 1. The van der Waals surface area contributed by atoms with Crippen molar-refractivity contribution >= 4 is 9.84 Å². The zero-order valence-corrected chi connectivity index (χ0v) is 10.3. The van der Waals surface area contributed by atoms with Gasteiger partial charge in [0.05, 0.1) is 23.2 Å². The largest absolute Gasteiger partial charge is 0.377 e. The van der Waals surface area contributed by atoms with Crippen LogP contribution in [0.5, 0.6) is 0 Å². The van der Waals surface area contributed by atoms with E-state index in [0.717, 1.165) is 12.8 Å². The molecule has 0 radical (unpaired) electrons. The van der Waals surface area contributed by atoms with Gasteiger partial charge >= 0.3 is 0 Å². The molecule has 1 aliphatic carbocycles. The molecule has 0 amide bonds. The van der Waals surface area contributed by atoms with Gasteiger partial charge in [-0.25, -0.2) is 8.42 Å². The molecule has 1 saturated carbocycles. The van der Waals surface area contributed by atoms with Crippen molar-refractivity contribution in [1.29, 1.82) is 5.26 Å². The lowest BCUT2D eigenvalue weighted by Crippen LogP contribution is -2.33. The van der Waals surface area contributed by atoms with Crippen molar-refractivity contribution in [3.05, 3.63) is 0 Å². The second-order valence-electron chi connectivity index (χ2n) is 5.05. The minimum atomic E-state index is -3.10. The molecule has 2 unspecified atom stereocenters. The van der Waals surface area contributed by atoms with Crippen LogP contribution in [-0.2, 0) is 14.6 Å². The van der Waals surface area contributed by atoms with Gasteiger partial charge in [-0.2, -0.15) is 5.26 Å². The molecular formula is C11H17NO3S. The fourth-order valence-electron chi connectivity index (χ4n) is 2.43. The Morgan fingerprint density at radius 1 is 1.50 bits per heavy atom. The van der Waals surface area contributed by atoms with Crippen LogP contribution in [0, 0.1) is 16.7 Å². The molecule has 0 aromatic carbocycles. The minimum absolute atomic E-state index is 0.173. The van der Waals surface area contributed by atoms with Crippen molar-refractivity contribution in [2.45, 2.75) is 44.0 Å². The summed E-state index contributed by atoms with van der Waals surface area (Å²) in [6, 6.07) is 2.10. The van der Waals surface area contributed by atoms with Crippen molar-refractivity contribution in [2.24, 2.45) is 5.41 Å². The predicted octanol–water partition coefficient (Wildman–Crippen LogP) is 1.27. The lowest BCUT2D eigenvalue weighted by Gasteiger charge is -2.18. The number of hydrogen-bond acceptors (Lipinski definition) is 4. The highest BCUT2D eigenvalue weighted by Crippen LogP contribution is 2.50. The zero-order chi connectivity index (χ0) is 11.8. The quantitative estimate of drug-likeness (QED) is 0.745. The molecule has 5 heteroatoms. The van der Waals surface area contributed by atoms with E-state index in [9.17, 15) is 8.42 Å². The first-order chi connectivity index (χ1) is 7.49. The second kappa shape index (κ2) is 4.01. The SMILES string of the molecule is CC1OCCC1S(=O)(=O)CC1(CC#N)CC1. The molecule has 90 valence electrons. The highest BCUT2D eigenvalue weighted by molar-refractivity contribution is 7.92. The molecule has 2 rings (SSSR count). The fraction of sp³-hybridized carbons (Fsp3) is 0.909. The van der Waals surface area contributed by atoms with Gasteiger partial charge in [-0.1, -0.05) is 0 Å². The van der Waals surface area contributed by atoms with Gasteiger partial charge in [0.25, 0.3) is 0 Å². The number of sulfone groups is 1. The molecule has 1 aliphatic heterocycles. The predicted molar refractivity (Wildman–Crippen MR) is 59.5 cm³/mol. The summed E-state index contributed by atoms with van der Waals surface area (Å²) in [6.07, 6.45) is 2.53. The topological polar surface area (TPSA) is 67.2 Å². The molecule has 2 aliphatic rings. The van der Waals surface area contributed by atoms with Crippen LogP contribution >= 0.6 is 0 Å². The van der Waals surface area contributed by atoms with Crippen molar-refractivity contribution in [3.8, 4) is 6.07 Å². The van der Waals surface area contributed by atoms with Crippen LogP contribution in [0.15, 0.2) is 0 Å². The van der Waals surface area contributed by atoms with Gasteiger partial charge in [-0.05, 0) is 31.6 Å². The monoisotopic (exact) mass is 243 g/mol. The van der Waals surface area contributed by atoms with E-state index in [2.05, 4.69) is 6.07 Å². The number of hydrogen-bond donors (Lipinski definition) is 0. The third-order valence-corrected chi connectivity index (χ3v) is 6.24. The molecule has 2 atom stereocenters. The van der Waals surface area contributed by atoms with Crippen LogP contribution in [-0.4, -0.2) is 32.1 Å². The first kappa shape index (κ1) is 11.9. The molecule has 0 aromatic rings. The second-order valence-corrected chi connectivity index (χ2v) is 7.27. The summed E-state index contributed by atoms with van der Waals surface area (Å²) in [5.74, 6) is 0.173. The normalized spacial score (nSPS) is 32.2. The molecule has 0 N–H and O–H groups in total. The standard InChI is InChI=1S/C11H17NO3S/c1-9-10(2-7-15-9)16(13,14)8-11(3-4-11)5-6-12/h9-10H,2-5,7-8H2,1H3. The van der Waals surface area contributed by atoms with Gasteiger partial charge in [0.1, 0.15) is 0 Å². The average molecular weight is 243 g/mol. The first-order valence-corrected chi connectivity index (χ1v) is 7.41. The van der Waals surface area contributed by atoms with Crippen LogP contribution in [0.3, 0.4) is 0 Å². The van der Waals surface area contributed by atoms with Crippen LogP contribution in [0.2, 0.25) is 0 Å². The smallest absolute Gasteiger partial charge is 0.156 e. The maximum absolute atomic E-state index is 12.2. The van der Waals surface area contributed by atoms with Crippen molar-refractivity contribution in [2.75, 3.05) is 12.4 Å². The Balaban J connectivity index is 2.06. The summed E-state index contributed by atoms with van der Waals surface area (Å²) < 4.78 is 29.7. The molecule has 2 fully saturated rings. The Labute approximate surface area is 96.5 Å². The van der Waals surface area contributed by atoms with Crippen LogP contribution in [0.25, 0.3) is 0 Å². The third kappa shape index (κ3) is 2.23. The van der Waals surface area contributed by atoms with Gasteiger partial charge in [0, 0.05) is 13.0 Å². The van der Waals surface area contributed by atoms with E-state index in [4.69, 9.17) is 10.00 Å². The highest BCUT2D eigenvalue weighted by atomic mass is 32.2. The summed E-state index contributed by atoms with van der Waals surface area (Å²) in [5, 5.41) is 8.33. The van der Waals surface area contributed by atoms with E-state index in [-0.39, 0.29) is 22.5 Å². The molecular weight excluding hydrogens is 226 g/mol. The van der Waals surface area contributed by atoms with E-state index < -0.39 is 9.84 Å². The maximum Gasteiger partial charge on any atom is 0.156 e. The van der Waals surface area contributed by atoms with E-state index in [1.165, 1.54) is 0 Å². The number of nitriles is 1. The zero-order valence-electron chi connectivity index (χ0n) is 9.48. The lowest BCUT2D eigenvalue weighted by atomic mass is 10.1. The molecule has 4 nitrogen and oxygen atoms in total. The van der Waals surface area contributed by atoms with E-state index in [0.29, 0.717) is 19.4 Å². The summed E-state index contributed by atoms with van der Waals surface area (Å²) in [5.41, 5.74) is -0.226. The van der Waals surface area contributed by atoms with Crippen molar-refractivity contribution in [3.63, 3.8) is 0 Å². The maximum atomic E-state index is 12.2. The Morgan fingerprint density at radius 2 is 2.19 bits per heavy atom. The minimum Gasteiger partial charge on any atom is -0.377 e. The van der Waals surface area contributed by atoms with E-state index in [1.54, 1.807) is 0 Å². The summed E-state index contributed by atoms with van der Waals surface area (Å²) in [7, 11) is -3.10. The Morgan fingerprint density at radius 3 is 2.62 bits per heavy atom. The molecule has 1 heterocycles. The molecule has 16 heavy (non-hydrogen) atoms. The molecule has 0 spiro atoms. The van der Waals surface area contributed by atoms with Gasteiger partial charge in [0.2, 0.25) is 0 Å². The van der Waals surface area contributed by atoms with Crippen LogP contribution < -0.4 is 0 Å².